The smallest absolute Gasteiger partial charge is 0.251 e. The molecule has 0 heterocycles. The van der Waals surface area contributed by atoms with Crippen molar-refractivity contribution in [2.75, 3.05) is 13.2 Å². The van der Waals surface area contributed by atoms with Gasteiger partial charge in [-0.3, -0.25) is 4.79 Å². The van der Waals surface area contributed by atoms with E-state index in [0.29, 0.717) is 0 Å². The van der Waals surface area contributed by atoms with Gasteiger partial charge >= 0.3 is 0 Å². The summed E-state index contributed by atoms with van der Waals surface area (Å²) < 4.78 is 0. The Hall–Kier alpha value is -0.970. The molecule has 0 aliphatic carbocycles. The fourth-order valence-corrected chi connectivity index (χ4v) is 1.46. The van der Waals surface area contributed by atoms with Crippen molar-refractivity contribution in [3.8, 4) is 5.75 Å². The topological polar surface area (TPSA) is 69.6 Å². The summed E-state index contributed by atoms with van der Waals surface area (Å²) in [6, 6.07) is 2.60. The summed E-state index contributed by atoms with van der Waals surface area (Å²) in [6.07, 6.45) is 0. The first kappa shape index (κ1) is 12.1. The van der Waals surface area contributed by atoms with Crippen LogP contribution in [0.25, 0.3) is 0 Å². The van der Waals surface area contributed by atoms with Crippen LogP contribution >= 0.6 is 23.2 Å². The number of carbonyl (C=O) groups excluding carboxylic acids is 1. The Morgan fingerprint density at radius 3 is 2.33 bits per heavy atom. The van der Waals surface area contributed by atoms with Gasteiger partial charge in [-0.2, -0.15) is 0 Å². The Balaban J connectivity index is 2.91. The Morgan fingerprint density at radius 2 is 1.87 bits per heavy atom. The van der Waals surface area contributed by atoms with E-state index in [1.54, 1.807) is 0 Å². The summed E-state index contributed by atoms with van der Waals surface area (Å²) in [5, 5.41) is 20.2. The lowest BCUT2D eigenvalue weighted by molar-refractivity contribution is 0.0945. The number of phenols is 1. The molecule has 0 bridgehead atoms. The van der Waals surface area contributed by atoms with Crippen LogP contribution in [0.1, 0.15) is 10.4 Å². The number of rotatable bonds is 3. The van der Waals surface area contributed by atoms with Gasteiger partial charge < -0.3 is 15.5 Å². The summed E-state index contributed by atoms with van der Waals surface area (Å²) in [4.78, 5) is 11.4. The molecule has 1 rings (SSSR count). The van der Waals surface area contributed by atoms with Crippen molar-refractivity contribution in [2.45, 2.75) is 0 Å². The molecule has 0 aromatic heterocycles. The number of aliphatic hydroxyl groups is 1. The molecule has 4 nitrogen and oxygen atoms in total. The summed E-state index contributed by atoms with van der Waals surface area (Å²) in [5.74, 6) is -0.662. The predicted molar refractivity (Wildman–Crippen MR) is 57.5 cm³/mol. The van der Waals surface area contributed by atoms with E-state index in [2.05, 4.69) is 5.32 Å². The highest BCUT2D eigenvalue weighted by molar-refractivity contribution is 6.37. The second kappa shape index (κ2) is 5.21. The third-order valence-corrected chi connectivity index (χ3v) is 2.25. The van der Waals surface area contributed by atoms with Gasteiger partial charge in [0, 0.05) is 12.1 Å². The maximum absolute atomic E-state index is 11.4. The number of nitrogens with one attached hydrogen (secondary N) is 1. The van der Waals surface area contributed by atoms with E-state index in [0.717, 1.165) is 0 Å². The molecule has 0 spiro atoms. The van der Waals surface area contributed by atoms with Crippen LogP contribution in [-0.2, 0) is 0 Å². The van der Waals surface area contributed by atoms with Gasteiger partial charge in [0.05, 0.1) is 16.7 Å². The van der Waals surface area contributed by atoms with Gasteiger partial charge in [0.25, 0.3) is 5.91 Å². The lowest BCUT2D eigenvalue weighted by Crippen LogP contribution is -2.26. The number of phenolic OH excluding ortho intramolecular Hbond substituents is 1. The van der Waals surface area contributed by atoms with Crippen LogP contribution in [0.15, 0.2) is 12.1 Å². The summed E-state index contributed by atoms with van der Waals surface area (Å²) in [5.41, 5.74) is 0.233. The van der Waals surface area contributed by atoms with Gasteiger partial charge in [-0.05, 0) is 12.1 Å². The van der Waals surface area contributed by atoms with Crippen molar-refractivity contribution in [1.82, 2.24) is 5.32 Å². The number of halogens is 2. The van der Waals surface area contributed by atoms with Crippen LogP contribution < -0.4 is 5.32 Å². The van der Waals surface area contributed by atoms with E-state index in [-0.39, 0.29) is 34.5 Å². The van der Waals surface area contributed by atoms with E-state index in [9.17, 15) is 9.90 Å². The van der Waals surface area contributed by atoms with Crippen molar-refractivity contribution in [2.24, 2.45) is 0 Å². The highest BCUT2D eigenvalue weighted by Gasteiger charge is 2.11. The SMILES string of the molecule is O=C(NCCO)c1cc(Cl)c(O)c(Cl)c1. The van der Waals surface area contributed by atoms with Crippen LogP contribution in [0, 0.1) is 0 Å². The number of aliphatic hydroxyl groups excluding tert-OH is 1. The molecule has 0 aliphatic rings. The van der Waals surface area contributed by atoms with Crippen LogP contribution in [-0.4, -0.2) is 29.3 Å². The van der Waals surface area contributed by atoms with E-state index in [4.69, 9.17) is 28.3 Å². The number of amides is 1. The molecule has 0 fully saturated rings. The molecule has 0 saturated carbocycles. The average molecular weight is 250 g/mol. The van der Waals surface area contributed by atoms with Gasteiger partial charge in [0.15, 0.2) is 5.75 Å². The quantitative estimate of drug-likeness (QED) is 0.759. The molecular weight excluding hydrogens is 241 g/mol. The fraction of sp³-hybridized carbons (Fsp3) is 0.222. The van der Waals surface area contributed by atoms with E-state index >= 15 is 0 Å². The van der Waals surface area contributed by atoms with Crippen molar-refractivity contribution in [3.05, 3.63) is 27.7 Å². The van der Waals surface area contributed by atoms with E-state index in [1.165, 1.54) is 12.1 Å². The Bertz CT molecular complexity index is 359. The van der Waals surface area contributed by atoms with Crippen molar-refractivity contribution < 1.29 is 15.0 Å². The molecule has 82 valence electrons. The number of carbonyl (C=O) groups is 1. The Labute approximate surface area is 96.4 Å². The minimum atomic E-state index is -0.409. The molecule has 0 radical (unpaired) electrons. The number of benzene rings is 1. The molecule has 15 heavy (non-hydrogen) atoms. The third kappa shape index (κ3) is 2.99. The highest BCUT2D eigenvalue weighted by atomic mass is 35.5. The van der Waals surface area contributed by atoms with E-state index in [1.807, 2.05) is 0 Å². The zero-order valence-corrected chi connectivity index (χ0v) is 9.14. The molecular formula is C9H9Cl2NO3. The van der Waals surface area contributed by atoms with Gasteiger partial charge in [-0.25, -0.2) is 0 Å². The lowest BCUT2D eigenvalue weighted by atomic mass is 10.2. The summed E-state index contributed by atoms with van der Waals surface area (Å²) in [7, 11) is 0. The summed E-state index contributed by atoms with van der Waals surface area (Å²) in [6.45, 7) is 0.000234. The van der Waals surface area contributed by atoms with Crippen molar-refractivity contribution in [1.29, 1.82) is 0 Å². The fourth-order valence-electron chi connectivity index (χ4n) is 0.968. The predicted octanol–water partition coefficient (Wildman–Crippen LogP) is 1.42. The van der Waals surface area contributed by atoms with Gasteiger partial charge in [-0.15, -0.1) is 0 Å². The molecule has 1 aromatic rings. The standard InChI is InChI=1S/C9H9Cl2NO3/c10-6-3-5(4-7(11)8(6)14)9(15)12-1-2-13/h3-4,13-14H,1-2H2,(H,12,15). The van der Waals surface area contributed by atoms with E-state index < -0.39 is 5.91 Å². The third-order valence-electron chi connectivity index (χ3n) is 1.68. The van der Waals surface area contributed by atoms with Crippen LogP contribution in [0.5, 0.6) is 5.75 Å². The zero-order valence-electron chi connectivity index (χ0n) is 7.63. The Morgan fingerprint density at radius 1 is 1.33 bits per heavy atom. The summed E-state index contributed by atoms with van der Waals surface area (Å²) >= 11 is 11.3. The van der Waals surface area contributed by atoms with Crippen LogP contribution in [0.3, 0.4) is 0 Å². The Kier molecular flexibility index (Phi) is 4.20. The molecule has 0 unspecified atom stereocenters. The largest absolute Gasteiger partial charge is 0.505 e. The molecule has 0 atom stereocenters. The average Bonchev–Trinajstić information content (AvgIpc) is 2.21. The minimum Gasteiger partial charge on any atom is -0.505 e. The molecule has 0 aliphatic heterocycles. The van der Waals surface area contributed by atoms with Crippen molar-refractivity contribution >= 4 is 29.1 Å². The zero-order chi connectivity index (χ0) is 11.4. The lowest BCUT2D eigenvalue weighted by Gasteiger charge is -2.05. The van der Waals surface area contributed by atoms with Gasteiger partial charge in [-0.1, -0.05) is 23.2 Å². The second-order valence-electron chi connectivity index (χ2n) is 2.77. The molecule has 1 amide bonds. The minimum absolute atomic E-state index is 0.0108. The molecule has 3 N–H and O–H groups in total. The molecule has 1 aromatic carbocycles. The first-order valence-corrected chi connectivity index (χ1v) is 4.89. The van der Waals surface area contributed by atoms with Gasteiger partial charge in [0.2, 0.25) is 0 Å². The second-order valence-corrected chi connectivity index (χ2v) is 3.58. The van der Waals surface area contributed by atoms with Crippen molar-refractivity contribution in [3.63, 3.8) is 0 Å². The normalized spacial score (nSPS) is 10.1. The van der Waals surface area contributed by atoms with Crippen LogP contribution in [0.2, 0.25) is 10.0 Å². The maximum atomic E-state index is 11.4. The first-order chi connectivity index (χ1) is 7.06. The molecule has 6 heteroatoms. The number of hydrogen-bond acceptors (Lipinski definition) is 3. The van der Waals surface area contributed by atoms with Gasteiger partial charge in [0.1, 0.15) is 0 Å². The molecule has 0 saturated heterocycles. The number of hydrogen-bond donors (Lipinski definition) is 3. The van der Waals surface area contributed by atoms with Crippen LogP contribution in [0.4, 0.5) is 0 Å². The monoisotopic (exact) mass is 249 g/mol. The first-order valence-electron chi connectivity index (χ1n) is 4.13. The maximum Gasteiger partial charge on any atom is 0.251 e. The highest BCUT2D eigenvalue weighted by Crippen LogP contribution is 2.32. The number of aromatic hydroxyl groups is 1.